The number of aryl methyl sites for hydroxylation is 1. The Hall–Kier alpha value is -1.40. The SMILES string of the molecule is CCn1nccc1C(=O)N1CC2(CC(CCOC)CO2)C1. The first-order valence-electron chi connectivity index (χ1n) is 7.61. The Bertz CT molecular complexity index is 508. The second kappa shape index (κ2) is 5.77. The van der Waals surface area contributed by atoms with Crippen molar-refractivity contribution in [3.8, 4) is 0 Å². The summed E-state index contributed by atoms with van der Waals surface area (Å²) in [5, 5.41) is 4.16. The molecule has 1 spiro atoms. The summed E-state index contributed by atoms with van der Waals surface area (Å²) in [7, 11) is 1.73. The first-order valence-corrected chi connectivity index (χ1v) is 7.61. The number of aromatic nitrogens is 2. The van der Waals surface area contributed by atoms with Gasteiger partial charge < -0.3 is 14.4 Å². The number of likely N-dealkylation sites (tertiary alicyclic amines) is 1. The van der Waals surface area contributed by atoms with Crippen LogP contribution in [0.5, 0.6) is 0 Å². The van der Waals surface area contributed by atoms with Crippen LogP contribution in [0.2, 0.25) is 0 Å². The quantitative estimate of drug-likeness (QED) is 0.818. The van der Waals surface area contributed by atoms with Gasteiger partial charge in [0.1, 0.15) is 11.3 Å². The van der Waals surface area contributed by atoms with E-state index in [1.54, 1.807) is 24.1 Å². The number of carbonyl (C=O) groups excluding carboxylic acids is 1. The first kappa shape index (κ1) is 14.5. The van der Waals surface area contributed by atoms with Gasteiger partial charge in [0.05, 0.1) is 19.7 Å². The van der Waals surface area contributed by atoms with E-state index in [2.05, 4.69) is 5.10 Å². The van der Waals surface area contributed by atoms with E-state index in [9.17, 15) is 4.79 Å². The highest BCUT2D eigenvalue weighted by Gasteiger charge is 2.51. The zero-order valence-corrected chi connectivity index (χ0v) is 12.7. The number of ether oxygens (including phenoxy) is 2. The number of nitrogens with zero attached hydrogens (tertiary/aromatic N) is 3. The molecule has 0 aromatic carbocycles. The summed E-state index contributed by atoms with van der Waals surface area (Å²) < 4.78 is 12.8. The molecule has 6 nitrogen and oxygen atoms in total. The van der Waals surface area contributed by atoms with Crippen molar-refractivity contribution in [3.05, 3.63) is 18.0 Å². The van der Waals surface area contributed by atoms with Crippen LogP contribution in [0, 0.1) is 5.92 Å². The average molecular weight is 293 g/mol. The molecular weight excluding hydrogens is 270 g/mol. The van der Waals surface area contributed by atoms with Gasteiger partial charge >= 0.3 is 0 Å². The summed E-state index contributed by atoms with van der Waals surface area (Å²) in [5.41, 5.74) is 0.562. The van der Waals surface area contributed by atoms with Crippen LogP contribution in [-0.4, -0.2) is 59.6 Å². The van der Waals surface area contributed by atoms with Gasteiger partial charge in [0.2, 0.25) is 0 Å². The Labute approximate surface area is 125 Å². The molecule has 21 heavy (non-hydrogen) atoms. The summed E-state index contributed by atoms with van der Waals surface area (Å²) in [4.78, 5) is 14.3. The number of hydrogen-bond acceptors (Lipinski definition) is 4. The average Bonchev–Trinajstić information content (AvgIpc) is 3.09. The molecule has 2 saturated heterocycles. The lowest BCUT2D eigenvalue weighted by atomic mass is 9.86. The third-order valence-corrected chi connectivity index (χ3v) is 4.50. The van der Waals surface area contributed by atoms with Crippen molar-refractivity contribution in [2.75, 3.05) is 33.4 Å². The fourth-order valence-electron chi connectivity index (χ4n) is 3.35. The summed E-state index contributed by atoms with van der Waals surface area (Å²) in [6, 6.07) is 1.79. The predicted molar refractivity (Wildman–Crippen MR) is 77.1 cm³/mol. The van der Waals surface area contributed by atoms with Crippen molar-refractivity contribution in [1.29, 1.82) is 0 Å². The van der Waals surface area contributed by atoms with Crippen LogP contribution < -0.4 is 0 Å². The molecule has 3 heterocycles. The standard InChI is InChI=1S/C15H23N3O3/c1-3-18-13(4-6-16-18)14(19)17-10-15(11-17)8-12(9-21-15)5-7-20-2/h4,6,12H,3,5,7-11H2,1-2H3. The van der Waals surface area contributed by atoms with Gasteiger partial charge in [-0.05, 0) is 31.7 Å². The molecule has 0 radical (unpaired) electrons. The molecule has 0 aliphatic carbocycles. The van der Waals surface area contributed by atoms with E-state index in [4.69, 9.17) is 9.47 Å². The van der Waals surface area contributed by atoms with Gasteiger partial charge in [-0.1, -0.05) is 0 Å². The largest absolute Gasteiger partial charge is 0.385 e. The Morgan fingerprint density at radius 3 is 3.10 bits per heavy atom. The van der Waals surface area contributed by atoms with Crippen LogP contribution in [0.4, 0.5) is 0 Å². The lowest BCUT2D eigenvalue weighted by Gasteiger charge is -2.47. The van der Waals surface area contributed by atoms with E-state index in [0.29, 0.717) is 31.2 Å². The molecule has 1 aromatic heterocycles. The Balaban J connectivity index is 1.55. The maximum atomic E-state index is 12.5. The van der Waals surface area contributed by atoms with Gasteiger partial charge in [-0.2, -0.15) is 5.10 Å². The molecule has 2 aliphatic heterocycles. The summed E-state index contributed by atoms with van der Waals surface area (Å²) in [6.45, 7) is 5.67. The Morgan fingerprint density at radius 2 is 2.38 bits per heavy atom. The van der Waals surface area contributed by atoms with Gasteiger partial charge in [0.25, 0.3) is 5.91 Å². The number of methoxy groups -OCH3 is 1. The number of amides is 1. The van der Waals surface area contributed by atoms with Crippen molar-refractivity contribution in [1.82, 2.24) is 14.7 Å². The normalized spacial score (nSPS) is 23.5. The first-order chi connectivity index (χ1) is 10.2. The maximum absolute atomic E-state index is 12.5. The summed E-state index contributed by atoms with van der Waals surface area (Å²) in [5.74, 6) is 0.618. The third-order valence-electron chi connectivity index (χ3n) is 4.50. The van der Waals surface area contributed by atoms with Crippen LogP contribution >= 0.6 is 0 Å². The van der Waals surface area contributed by atoms with Gasteiger partial charge in [-0.25, -0.2) is 0 Å². The maximum Gasteiger partial charge on any atom is 0.272 e. The van der Waals surface area contributed by atoms with Gasteiger partial charge in [-0.15, -0.1) is 0 Å². The number of carbonyl (C=O) groups is 1. The molecule has 0 N–H and O–H groups in total. The van der Waals surface area contributed by atoms with Crippen molar-refractivity contribution in [2.45, 2.75) is 31.9 Å². The molecule has 3 rings (SSSR count). The monoisotopic (exact) mass is 293 g/mol. The summed E-state index contributed by atoms with van der Waals surface area (Å²) >= 11 is 0. The molecule has 116 valence electrons. The van der Waals surface area contributed by atoms with Gasteiger partial charge in [0, 0.05) is 26.5 Å². The molecule has 1 aromatic rings. The smallest absolute Gasteiger partial charge is 0.272 e. The number of rotatable bonds is 5. The van der Waals surface area contributed by atoms with E-state index in [1.807, 2.05) is 11.8 Å². The van der Waals surface area contributed by atoms with Crippen LogP contribution in [0.1, 0.15) is 30.3 Å². The van der Waals surface area contributed by atoms with E-state index in [1.165, 1.54) is 0 Å². The minimum Gasteiger partial charge on any atom is -0.385 e. The fourth-order valence-corrected chi connectivity index (χ4v) is 3.35. The van der Waals surface area contributed by atoms with Crippen molar-refractivity contribution in [2.24, 2.45) is 5.92 Å². The number of hydrogen-bond donors (Lipinski definition) is 0. The molecule has 2 aliphatic rings. The van der Waals surface area contributed by atoms with Gasteiger partial charge in [-0.3, -0.25) is 9.48 Å². The molecule has 2 fully saturated rings. The van der Waals surface area contributed by atoms with Crippen LogP contribution in [0.25, 0.3) is 0 Å². The van der Waals surface area contributed by atoms with E-state index < -0.39 is 0 Å². The molecule has 0 bridgehead atoms. The topological polar surface area (TPSA) is 56.6 Å². The lowest BCUT2D eigenvalue weighted by Crippen LogP contribution is -2.63. The molecule has 0 saturated carbocycles. The van der Waals surface area contributed by atoms with E-state index >= 15 is 0 Å². The summed E-state index contributed by atoms with van der Waals surface area (Å²) in [6.07, 6.45) is 3.75. The second-order valence-corrected chi connectivity index (χ2v) is 6.04. The molecule has 1 amide bonds. The highest BCUT2D eigenvalue weighted by atomic mass is 16.5. The minimum atomic E-state index is -0.106. The molecular formula is C15H23N3O3. The molecule has 1 atom stereocenters. The zero-order valence-electron chi connectivity index (χ0n) is 12.7. The zero-order chi connectivity index (χ0) is 14.9. The van der Waals surface area contributed by atoms with Gasteiger partial charge in [0.15, 0.2) is 0 Å². The highest BCUT2D eigenvalue weighted by Crippen LogP contribution is 2.39. The lowest BCUT2D eigenvalue weighted by molar-refractivity contribution is -0.0953. The van der Waals surface area contributed by atoms with Crippen molar-refractivity contribution >= 4 is 5.91 Å². The van der Waals surface area contributed by atoms with Crippen molar-refractivity contribution in [3.63, 3.8) is 0 Å². The second-order valence-electron chi connectivity index (χ2n) is 6.04. The van der Waals surface area contributed by atoms with E-state index in [-0.39, 0.29) is 11.5 Å². The fraction of sp³-hybridized carbons (Fsp3) is 0.733. The molecule has 1 unspecified atom stereocenters. The predicted octanol–water partition coefficient (Wildman–Crippen LogP) is 1.17. The van der Waals surface area contributed by atoms with E-state index in [0.717, 1.165) is 26.1 Å². The highest BCUT2D eigenvalue weighted by molar-refractivity contribution is 5.93. The van der Waals surface area contributed by atoms with Crippen LogP contribution in [0.3, 0.4) is 0 Å². The Morgan fingerprint density at radius 1 is 1.57 bits per heavy atom. The van der Waals surface area contributed by atoms with Crippen molar-refractivity contribution < 1.29 is 14.3 Å². The third kappa shape index (κ3) is 2.70. The molecule has 6 heteroatoms. The van der Waals surface area contributed by atoms with Crippen LogP contribution in [-0.2, 0) is 16.0 Å². The van der Waals surface area contributed by atoms with Crippen LogP contribution in [0.15, 0.2) is 12.3 Å². The Kier molecular flexibility index (Phi) is 3.99. The minimum absolute atomic E-state index is 0.0592.